The van der Waals surface area contributed by atoms with E-state index in [1.54, 1.807) is 11.8 Å². The van der Waals surface area contributed by atoms with Gasteiger partial charge in [-0.1, -0.05) is 12.1 Å². The Morgan fingerprint density at radius 1 is 1.13 bits per heavy atom. The smallest absolute Gasteiger partial charge is 0.241 e. The van der Waals surface area contributed by atoms with Gasteiger partial charge in [0.1, 0.15) is 11.9 Å². The van der Waals surface area contributed by atoms with Crippen LogP contribution in [0.2, 0.25) is 0 Å². The Hall–Kier alpha value is -3.43. The first-order valence-corrected chi connectivity index (χ1v) is 13.7. The summed E-state index contributed by atoms with van der Waals surface area (Å²) in [6, 6.07) is 9.84. The van der Waals surface area contributed by atoms with Crippen LogP contribution in [-0.2, 0) is 4.79 Å². The number of fused-ring (bicyclic) bond motifs is 1. The average molecular weight is 535 g/mol. The topological polar surface area (TPSA) is 77.2 Å². The summed E-state index contributed by atoms with van der Waals surface area (Å²) in [5, 5.41) is 11.4. The molecule has 0 bridgehead atoms. The highest BCUT2D eigenvalue weighted by molar-refractivity contribution is 6.21. The van der Waals surface area contributed by atoms with E-state index in [1.165, 1.54) is 6.07 Å². The Kier molecular flexibility index (Phi) is 7.64. The number of hydrogen-bond acceptors (Lipinski definition) is 5. The summed E-state index contributed by atoms with van der Waals surface area (Å²) in [4.78, 5) is 22.4. The van der Waals surface area contributed by atoms with Gasteiger partial charge in [0.05, 0.1) is 17.6 Å². The molecule has 0 radical (unpaired) electrons. The largest absolute Gasteiger partial charge is 0.323 e. The van der Waals surface area contributed by atoms with Crippen LogP contribution in [0, 0.1) is 17.0 Å². The third kappa shape index (κ3) is 5.13. The van der Waals surface area contributed by atoms with Gasteiger partial charge in [0.25, 0.3) is 0 Å². The minimum atomic E-state index is -0.988. The van der Waals surface area contributed by atoms with Crippen LogP contribution in [0.15, 0.2) is 42.5 Å². The minimum absolute atomic E-state index is 0.107. The molecular weight excluding hydrogens is 498 g/mol. The Balaban J connectivity index is 1.65. The molecule has 1 aromatic heterocycles. The molecule has 1 amide bonds. The molecular formula is C30H36F2N6O. The van der Waals surface area contributed by atoms with Gasteiger partial charge in [-0.05, 0) is 75.9 Å². The van der Waals surface area contributed by atoms with E-state index in [4.69, 9.17) is 10.4 Å². The summed E-state index contributed by atoms with van der Waals surface area (Å²) in [6.07, 6.45) is 3.81. The lowest BCUT2D eigenvalue weighted by molar-refractivity contribution is -0.119. The van der Waals surface area contributed by atoms with Crippen LogP contribution in [0.1, 0.15) is 64.0 Å². The Morgan fingerprint density at radius 3 is 2.51 bits per heavy atom. The third-order valence-corrected chi connectivity index (χ3v) is 7.99. The van der Waals surface area contributed by atoms with Gasteiger partial charge in [-0.25, -0.2) is 13.8 Å². The lowest BCUT2D eigenvalue weighted by Gasteiger charge is -2.39. The molecule has 5 rings (SSSR count). The highest BCUT2D eigenvalue weighted by Gasteiger charge is 2.36. The van der Waals surface area contributed by atoms with Gasteiger partial charge < -0.3 is 20.2 Å². The van der Waals surface area contributed by atoms with E-state index in [0.29, 0.717) is 24.0 Å². The molecule has 2 fully saturated rings. The Labute approximate surface area is 228 Å². The molecule has 2 aliphatic heterocycles. The maximum absolute atomic E-state index is 14.3. The number of anilines is 1. The molecule has 3 heterocycles. The van der Waals surface area contributed by atoms with Gasteiger partial charge in [0, 0.05) is 49.2 Å². The first-order chi connectivity index (χ1) is 18.7. The molecule has 2 aliphatic rings. The van der Waals surface area contributed by atoms with Gasteiger partial charge in [-0.15, -0.1) is 0 Å². The van der Waals surface area contributed by atoms with Crippen LogP contribution in [-0.4, -0.2) is 58.3 Å². The molecule has 0 aliphatic carbocycles. The number of allylic oxidation sites excluding steroid dienone is 2. The second-order valence-corrected chi connectivity index (χ2v) is 10.7. The fourth-order valence-corrected chi connectivity index (χ4v) is 6.00. The number of aromatic nitrogens is 2. The summed E-state index contributed by atoms with van der Waals surface area (Å²) in [5.41, 5.74) is 4.31. The number of carbonyl (C=O) groups excluding carboxylic acids is 1. The number of imidazole rings is 1. The number of halogens is 2. The first kappa shape index (κ1) is 27.1. The van der Waals surface area contributed by atoms with Crippen LogP contribution in [0.25, 0.3) is 16.6 Å². The van der Waals surface area contributed by atoms with Crippen molar-refractivity contribution in [3.8, 4) is 0 Å². The maximum Gasteiger partial charge on any atom is 0.241 e. The van der Waals surface area contributed by atoms with Crippen molar-refractivity contribution in [3.63, 3.8) is 0 Å². The standard InChI is InChI=1S/C30H36F2N6O/c1-5-23(19(4)33)20-6-9-27-26(14-20)35-30(38(27)21-10-12-36(13-11-21)18(2)3)28-16-34-17-29(39)37(28)22-7-8-24(31)25(32)15-22/h5-9,14-15,18,21,28,33-34H,10-13,16-17H2,1-4H3/b23-5-,33-19?. The van der Waals surface area contributed by atoms with E-state index in [1.807, 2.05) is 25.1 Å². The van der Waals surface area contributed by atoms with Crippen molar-refractivity contribution in [1.29, 1.82) is 5.41 Å². The fraction of sp³-hybridized carbons (Fsp3) is 0.433. The number of hydrogen-bond donors (Lipinski definition) is 2. The average Bonchev–Trinajstić information content (AvgIpc) is 3.29. The molecule has 7 nitrogen and oxygen atoms in total. The minimum Gasteiger partial charge on any atom is -0.323 e. The normalized spacial score (nSPS) is 19.9. The van der Waals surface area contributed by atoms with Crippen molar-refractivity contribution in [2.75, 3.05) is 31.1 Å². The van der Waals surface area contributed by atoms with Crippen LogP contribution in [0.3, 0.4) is 0 Å². The summed E-state index contributed by atoms with van der Waals surface area (Å²) in [7, 11) is 0. The number of rotatable bonds is 6. The van der Waals surface area contributed by atoms with Crippen LogP contribution in [0.5, 0.6) is 0 Å². The zero-order valence-electron chi connectivity index (χ0n) is 23.0. The number of benzene rings is 2. The third-order valence-electron chi connectivity index (χ3n) is 7.99. The van der Waals surface area contributed by atoms with Gasteiger partial charge in [-0.2, -0.15) is 0 Å². The van der Waals surface area contributed by atoms with E-state index < -0.39 is 17.7 Å². The van der Waals surface area contributed by atoms with E-state index >= 15 is 0 Å². The van der Waals surface area contributed by atoms with Crippen molar-refractivity contribution >= 4 is 33.9 Å². The Bertz CT molecular complexity index is 1440. The first-order valence-electron chi connectivity index (χ1n) is 13.7. The molecule has 2 saturated heterocycles. The lowest BCUT2D eigenvalue weighted by Crippen LogP contribution is -2.51. The molecule has 39 heavy (non-hydrogen) atoms. The number of nitrogens with one attached hydrogen (secondary N) is 2. The zero-order chi connectivity index (χ0) is 27.8. The molecule has 1 atom stereocenters. The molecule has 2 aromatic carbocycles. The zero-order valence-corrected chi connectivity index (χ0v) is 23.0. The van der Waals surface area contributed by atoms with Crippen molar-refractivity contribution < 1.29 is 13.6 Å². The number of likely N-dealkylation sites (tertiary alicyclic amines) is 1. The van der Waals surface area contributed by atoms with Crippen LogP contribution in [0.4, 0.5) is 14.5 Å². The second-order valence-electron chi connectivity index (χ2n) is 10.7. The quantitative estimate of drug-likeness (QED) is 0.411. The molecule has 0 spiro atoms. The maximum atomic E-state index is 14.3. The van der Waals surface area contributed by atoms with Crippen molar-refractivity contribution in [2.45, 2.75) is 58.7 Å². The lowest BCUT2D eigenvalue weighted by atomic mass is 10.0. The molecule has 1 unspecified atom stereocenters. The Morgan fingerprint density at radius 2 is 1.87 bits per heavy atom. The van der Waals surface area contributed by atoms with E-state index in [9.17, 15) is 13.6 Å². The number of amides is 1. The highest BCUT2D eigenvalue weighted by atomic mass is 19.2. The van der Waals surface area contributed by atoms with Gasteiger partial charge in [0.15, 0.2) is 11.6 Å². The summed E-state index contributed by atoms with van der Waals surface area (Å²) in [5.74, 6) is -1.43. The van der Waals surface area contributed by atoms with Crippen molar-refractivity contribution in [3.05, 3.63) is 65.5 Å². The molecule has 9 heteroatoms. The number of piperazine rings is 1. The van der Waals surface area contributed by atoms with Crippen molar-refractivity contribution in [1.82, 2.24) is 19.8 Å². The fourth-order valence-electron chi connectivity index (χ4n) is 6.00. The number of nitrogens with zero attached hydrogens (tertiary/aromatic N) is 4. The predicted molar refractivity (Wildman–Crippen MR) is 151 cm³/mol. The molecule has 2 N–H and O–H groups in total. The van der Waals surface area contributed by atoms with Crippen LogP contribution >= 0.6 is 0 Å². The predicted octanol–water partition coefficient (Wildman–Crippen LogP) is 5.48. The number of piperidine rings is 1. The number of carbonyl (C=O) groups is 1. The SMILES string of the molecule is C/C=C(/C(C)=N)c1ccc2c(c1)nc(C1CNCC(=O)N1c1ccc(F)c(F)c1)n2C1CCN(C(C)C)CC1. The summed E-state index contributed by atoms with van der Waals surface area (Å²) < 4.78 is 30.3. The van der Waals surface area contributed by atoms with Gasteiger partial charge in [-0.3, -0.25) is 9.69 Å². The molecule has 3 aromatic rings. The summed E-state index contributed by atoms with van der Waals surface area (Å²) in [6.45, 7) is 10.6. The van der Waals surface area contributed by atoms with E-state index in [-0.39, 0.29) is 18.5 Å². The van der Waals surface area contributed by atoms with E-state index in [2.05, 4.69) is 34.7 Å². The monoisotopic (exact) mass is 534 g/mol. The highest BCUT2D eigenvalue weighted by Crippen LogP contribution is 2.37. The van der Waals surface area contributed by atoms with Crippen LogP contribution < -0.4 is 10.2 Å². The summed E-state index contributed by atoms with van der Waals surface area (Å²) >= 11 is 0. The molecule has 0 saturated carbocycles. The van der Waals surface area contributed by atoms with E-state index in [0.717, 1.165) is 66.1 Å². The van der Waals surface area contributed by atoms with Gasteiger partial charge in [0.2, 0.25) is 5.91 Å². The second kappa shape index (κ2) is 11.0. The van der Waals surface area contributed by atoms with Gasteiger partial charge >= 0.3 is 0 Å². The van der Waals surface area contributed by atoms with Crippen molar-refractivity contribution in [2.24, 2.45) is 0 Å². The molecule has 206 valence electrons.